The van der Waals surface area contributed by atoms with E-state index in [4.69, 9.17) is 9.84 Å². The SMILES string of the molecule is CCCOC(=O)c1ccc(O)cc1.[H-].[H-].[Na+].[Na+]. The van der Waals surface area contributed by atoms with Gasteiger partial charge in [0.15, 0.2) is 0 Å². The molecule has 1 rings (SSSR count). The van der Waals surface area contributed by atoms with Crippen LogP contribution in [-0.4, -0.2) is 17.7 Å². The zero-order valence-corrected chi connectivity index (χ0v) is 13.5. The molecule has 0 aliphatic rings. The smallest absolute Gasteiger partial charge is 1.00 e. The number of carbonyl (C=O) groups is 1. The molecule has 0 fully saturated rings. The quantitative estimate of drug-likeness (QED) is 0.426. The van der Waals surface area contributed by atoms with Crippen LogP contribution in [0.25, 0.3) is 0 Å². The first-order valence-corrected chi connectivity index (χ1v) is 4.20. The number of phenolic OH excluding ortho intramolecular Hbond substituents is 1. The zero-order chi connectivity index (χ0) is 9.68. The normalized spacial score (nSPS) is 8.33. The summed E-state index contributed by atoms with van der Waals surface area (Å²) in [5.41, 5.74) is 0.464. The van der Waals surface area contributed by atoms with Crippen LogP contribution in [0.2, 0.25) is 0 Å². The van der Waals surface area contributed by atoms with Crippen molar-refractivity contribution in [3.05, 3.63) is 29.8 Å². The molecule has 0 bridgehead atoms. The Hall–Kier alpha value is 0.490. The minimum atomic E-state index is -0.346. The average molecular weight is 228 g/mol. The van der Waals surface area contributed by atoms with Crippen LogP contribution in [0.1, 0.15) is 26.6 Å². The van der Waals surface area contributed by atoms with E-state index in [1.54, 1.807) is 0 Å². The zero-order valence-electron chi connectivity index (χ0n) is 11.5. The van der Waals surface area contributed by atoms with E-state index in [1.807, 2.05) is 6.92 Å². The Balaban J connectivity index is -0.000000211. The minimum absolute atomic E-state index is 0. The van der Waals surface area contributed by atoms with Crippen LogP contribution in [0.3, 0.4) is 0 Å². The molecule has 0 radical (unpaired) electrons. The average Bonchev–Trinajstić information content (AvgIpc) is 2.15. The molecule has 1 aromatic carbocycles. The fraction of sp³-hybridized carbons (Fsp3) is 0.300. The van der Waals surface area contributed by atoms with E-state index < -0.39 is 0 Å². The van der Waals surface area contributed by atoms with Gasteiger partial charge in [-0.05, 0) is 30.7 Å². The molecule has 0 amide bonds. The van der Waals surface area contributed by atoms with Crippen LogP contribution in [0.4, 0.5) is 0 Å². The summed E-state index contributed by atoms with van der Waals surface area (Å²) in [6, 6.07) is 5.99. The second-order valence-corrected chi connectivity index (χ2v) is 2.68. The Kier molecular flexibility index (Phi) is 11.6. The Morgan fingerprint density at radius 3 is 2.33 bits per heavy atom. The number of aromatic hydroxyl groups is 1. The summed E-state index contributed by atoms with van der Waals surface area (Å²) in [5.74, 6) is -0.200. The fourth-order valence-corrected chi connectivity index (χ4v) is 0.876. The summed E-state index contributed by atoms with van der Waals surface area (Å²) >= 11 is 0. The molecule has 1 N–H and O–H groups in total. The van der Waals surface area contributed by atoms with Crippen molar-refractivity contribution in [1.82, 2.24) is 0 Å². The van der Waals surface area contributed by atoms with E-state index in [9.17, 15) is 4.79 Å². The second-order valence-electron chi connectivity index (χ2n) is 2.68. The minimum Gasteiger partial charge on any atom is -1.00 e. The van der Waals surface area contributed by atoms with Gasteiger partial charge in [-0.2, -0.15) is 0 Å². The van der Waals surface area contributed by atoms with Gasteiger partial charge in [0.05, 0.1) is 12.2 Å². The molecule has 0 saturated carbocycles. The van der Waals surface area contributed by atoms with Crippen molar-refractivity contribution in [1.29, 1.82) is 0 Å². The number of benzene rings is 1. The predicted octanol–water partition coefficient (Wildman–Crippen LogP) is -3.81. The molecule has 0 aliphatic carbocycles. The van der Waals surface area contributed by atoms with Crippen molar-refractivity contribution in [2.24, 2.45) is 0 Å². The number of rotatable bonds is 3. The third-order valence-electron chi connectivity index (χ3n) is 1.54. The first kappa shape index (κ1) is 17.9. The number of ether oxygens (including phenoxy) is 1. The van der Waals surface area contributed by atoms with Gasteiger partial charge in [-0.3, -0.25) is 0 Å². The number of carbonyl (C=O) groups excluding carboxylic acids is 1. The number of hydrogen-bond acceptors (Lipinski definition) is 3. The Bertz CT molecular complexity index is 294. The largest absolute Gasteiger partial charge is 1.00 e. The third kappa shape index (κ3) is 6.61. The van der Waals surface area contributed by atoms with Crippen LogP contribution in [0.5, 0.6) is 5.75 Å². The maximum atomic E-state index is 11.2. The van der Waals surface area contributed by atoms with E-state index in [0.717, 1.165) is 6.42 Å². The van der Waals surface area contributed by atoms with Gasteiger partial charge >= 0.3 is 65.1 Å². The maximum Gasteiger partial charge on any atom is 1.00 e. The third-order valence-corrected chi connectivity index (χ3v) is 1.54. The molecular formula is C10H14Na2O3. The number of hydrogen-bond donors (Lipinski definition) is 1. The van der Waals surface area contributed by atoms with Gasteiger partial charge in [0.1, 0.15) is 5.75 Å². The van der Waals surface area contributed by atoms with Gasteiger partial charge in [0, 0.05) is 0 Å². The van der Waals surface area contributed by atoms with E-state index in [0.29, 0.717) is 12.2 Å². The molecule has 0 saturated heterocycles. The number of esters is 1. The number of phenols is 1. The van der Waals surface area contributed by atoms with Gasteiger partial charge in [0.2, 0.25) is 0 Å². The van der Waals surface area contributed by atoms with E-state index in [2.05, 4.69) is 0 Å². The molecule has 0 heterocycles. The topological polar surface area (TPSA) is 46.5 Å². The molecule has 0 atom stereocenters. The van der Waals surface area contributed by atoms with E-state index in [-0.39, 0.29) is 73.7 Å². The Morgan fingerprint density at radius 2 is 1.87 bits per heavy atom. The molecule has 0 aliphatic heterocycles. The summed E-state index contributed by atoms with van der Waals surface area (Å²) in [6.45, 7) is 2.36. The predicted molar refractivity (Wildman–Crippen MR) is 50.9 cm³/mol. The second kappa shape index (κ2) is 9.70. The van der Waals surface area contributed by atoms with Gasteiger partial charge in [-0.25, -0.2) is 4.79 Å². The van der Waals surface area contributed by atoms with Crippen molar-refractivity contribution in [2.75, 3.05) is 6.61 Å². The van der Waals surface area contributed by atoms with E-state index in [1.165, 1.54) is 24.3 Å². The van der Waals surface area contributed by atoms with Crippen molar-refractivity contribution in [2.45, 2.75) is 13.3 Å². The first-order valence-electron chi connectivity index (χ1n) is 4.20. The van der Waals surface area contributed by atoms with Gasteiger partial charge in [-0.1, -0.05) is 6.92 Å². The van der Waals surface area contributed by atoms with Gasteiger partial charge in [-0.15, -0.1) is 0 Å². The summed E-state index contributed by atoms with van der Waals surface area (Å²) in [7, 11) is 0. The Labute approximate surface area is 137 Å². The van der Waals surface area contributed by atoms with Gasteiger partial charge in [0.25, 0.3) is 0 Å². The fourth-order valence-electron chi connectivity index (χ4n) is 0.876. The monoisotopic (exact) mass is 228 g/mol. The summed E-state index contributed by atoms with van der Waals surface area (Å²) < 4.78 is 4.90. The molecule has 5 heteroatoms. The van der Waals surface area contributed by atoms with Crippen LogP contribution in [0.15, 0.2) is 24.3 Å². The van der Waals surface area contributed by atoms with Crippen molar-refractivity contribution < 1.29 is 76.6 Å². The van der Waals surface area contributed by atoms with Crippen molar-refractivity contribution in [3.63, 3.8) is 0 Å². The molecule has 0 spiro atoms. The first-order chi connectivity index (χ1) is 6.24. The Morgan fingerprint density at radius 1 is 1.33 bits per heavy atom. The molecule has 0 aromatic heterocycles. The molecular weight excluding hydrogens is 214 g/mol. The van der Waals surface area contributed by atoms with Crippen molar-refractivity contribution >= 4 is 5.97 Å². The van der Waals surface area contributed by atoms with Crippen LogP contribution in [-0.2, 0) is 4.74 Å². The maximum absolute atomic E-state index is 11.2. The summed E-state index contributed by atoms with van der Waals surface area (Å²) in [6.07, 6.45) is 0.809. The summed E-state index contributed by atoms with van der Waals surface area (Å²) in [4.78, 5) is 11.2. The van der Waals surface area contributed by atoms with Crippen LogP contribution >= 0.6 is 0 Å². The standard InChI is InChI=1S/C10H12O3.2Na.2H/c1-2-7-13-10(12)8-3-5-9(11)6-4-8;;;;/h3-6,11H,2,7H2,1H3;;;;/q;2*+1;2*-1. The molecule has 3 nitrogen and oxygen atoms in total. The van der Waals surface area contributed by atoms with Gasteiger partial charge < -0.3 is 12.7 Å². The summed E-state index contributed by atoms with van der Waals surface area (Å²) in [5, 5.41) is 8.96. The molecule has 1 aromatic rings. The van der Waals surface area contributed by atoms with Crippen molar-refractivity contribution in [3.8, 4) is 5.75 Å². The van der Waals surface area contributed by atoms with Crippen LogP contribution < -0.4 is 59.1 Å². The van der Waals surface area contributed by atoms with Crippen LogP contribution in [0, 0.1) is 0 Å². The molecule has 15 heavy (non-hydrogen) atoms. The van der Waals surface area contributed by atoms with E-state index >= 15 is 0 Å². The molecule has 0 unspecified atom stereocenters. The molecule has 74 valence electrons.